The molecule has 2 aliphatic rings. The number of rotatable bonds is 5. The molecule has 2 aliphatic heterocycles. The molecule has 0 saturated carbocycles. The Balaban J connectivity index is 1.34. The molecule has 2 atom stereocenters. The average Bonchev–Trinajstić information content (AvgIpc) is 2.77. The highest BCUT2D eigenvalue weighted by atomic mass is 35.5. The number of piperidine rings is 1. The molecule has 0 spiro atoms. The standard InChI is InChI=1S/C21H23ClN2O5S/c22-16-7-9-18(10-8-16)30(26,27)24-11-3-4-15(13-24)21(25)23-12-17-14-28-19-5-1-2-6-20(19)29-17/h1-2,5-10,15,17H,3-4,11-14H2,(H,23,25)/t15-,17-/m1/s1. The number of sulfonamides is 1. The van der Waals surface area contributed by atoms with Gasteiger partial charge >= 0.3 is 0 Å². The molecular weight excluding hydrogens is 428 g/mol. The van der Waals surface area contributed by atoms with E-state index in [1.165, 1.54) is 16.4 Å². The minimum atomic E-state index is -3.66. The zero-order chi connectivity index (χ0) is 21.1. The number of carbonyl (C=O) groups is 1. The molecule has 7 nitrogen and oxygen atoms in total. The van der Waals surface area contributed by atoms with E-state index in [4.69, 9.17) is 21.1 Å². The molecule has 1 N–H and O–H groups in total. The second-order valence-electron chi connectivity index (χ2n) is 7.40. The summed E-state index contributed by atoms with van der Waals surface area (Å²) in [6.45, 7) is 1.19. The summed E-state index contributed by atoms with van der Waals surface area (Å²) in [5.41, 5.74) is 0. The van der Waals surface area contributed by atoms with Crippen LogP contribution in [-0.4, -0.2) is 51.0 Å². The normalized spacial score (nSPS) is 21.8. The van der Waals surface area contributed by atoms with E-state index in [0.29, 0.717) is 49.1 Å². The van der Waals surface area contributed by atoms with Gasteiger partial charge in [-0.3, -0.25) is 4.79 Å². The van der Waals surface area contributed by atoms with Crippen LogP contribution >= 0.6 is 11.6 Å². The van der Waals surface area contributed by atoms with Crippen LogP contribution in [0.25, 0.3) is 0 Å². The monoisotopic (exact) mass is 450 g/mol. The summed E-state index contributed by atoms with van der Waals surface area (Å²) >= 11 is 5.86. The first kappa shape index (κ1) is 21.0. The molecule has 9 heteroatoms. The molecule has 30 heavy (non-hydrogen) atoms. The van der Waals surface area contributed by atoms with Crippen LogP contribution in [-0.2, 0) is 14.8 Å². The first-order valence-corrected chi connectivity index (χ1v) is 11.7. The lowest BCUT2D eigenvalue weighted by molar-refractivity contribution is -0.126. The number of nitrogens with one attached hydrogen (secondary N) is 1. The first-order chi connectivity index (χ1) is 14.4. The van der Waals surface area contributed by atoms with Gasteiger partial charge in [-0.2, -0.15) is 4.31 Å². The largest absolute Gasteiger partial charge is 0.486 e. The average molecular weight is 451 g/mol. The van der Waals surface area contributed by atoms with Crippen LogP contribution in [0.3, 0.4) is 0 Å². The van der Waals surface area contributed by atoms with Gasteiger partial charge in [0.15, 0.2) is 11.5 Å². The van der Waals surface area contributed by atoms with E-state index in [1.807, 2.05) is 24.3 Å². The lowest BCUT2D eigenvalue weighted by Crippen LogP contribution is -2.48. The predicted molar refractivity (Wildman–Crippen MR) is 112 cm³/mol. The molecule has 2 aromatic rings. The van der Waals surface area contributed by atoms with E-state index >= 15 is 0 Å². The Morgan fingerprint density at radius 3 is 2.63 bits per heavy atom. The maximum atomic E-state index is 12.9. The van der Waals surface area contributed by atoms with Gasteiger partial charge in [0.05, 0.1) is 17.4 Å². The molecule has 1 amide bonds. The van der Waals surface area contributed by atoms with Gasteiger partial charge in [-0.15, -0.1) is 0 Å². The second-order valence-corrected chi connectivity index (χ2v) is 9.77. The van der Waals surface area contributed by atoms with Crippen molar-refractivity contribution >= 4 is 27.5 Å². The number of benzene rings is 2. The highest BCUT2D eigenvalue weighted by molar-refractivity contribution is 7.89. The van der Waals surface area contributed by atoms with Crippen LogP contribution < -0.4 is 14.8 Å². The van der Waals surface area contributed by atoms with Crippen LogP contribution in [0.2, 0.25) is 5.02 Å². The van der Waals surface area contributed by atoms with Gasteiger partial charge < -0.3 is 14.8 Å². The number of ether oxygens (including phenoxy) is 2. The Morgan fingerprint density at radius 2 is 1.87 bits per heavy atom. The van der Waals surface area contributed by atoms with Gasteiger partial charge in [0.1, 0.15) is 12.7 Å². The number of hydrogen-bond acceptors (Lipinski definition) is 5. The van der Waals surface area contributed by atoms with Crippen LogP contribution in [0.1, 0.15) is 12.8 Å². The van der Waals surface area contributed by atoms with Crippen molar-refractivity contribution in [3.05, 3.63) is 53.6 Å². The maximum absolute atomic E-state index is 12.9. The molecule has 0 aliphatic carbocycles. The van der Waals surface area contributed by atoms with E-state index < -0.39 is 15.9 Å². The maximum Gasteiger partial charge on any atom is 0.243 e. The fourth-order valence-electron chi connectivity index (χ4n) is 3.65. The molecule has 0 radical (unpaired) electrons. The Morgan fingerprint density at radius 1 is 1.13 bits per heavy atom. The molecule has 0 unspecified atom stereocenters. The van der Waals surface area contributed by atoms with Crippen molar-refractivity contribution in [1.29, 1.82) is 0 Å². The van der Waals surface area contributed by atoms with Crippen LogP contribution in [0.5, 0.6) is 11.5 Å². The predicted octanol–water partition coefficient (Wildman–Crippen LogP) is 2.70. The van der Waals surface area contributed by atoms with Crippen molar-refractivity contribution in [2.75, 3.05) is 26.2 Å². The quantitative estimate of drug-likeness (QED) is 0.757. The summed E-state index contributed by atoms with van der Waals surface area (Å²) in [5.74, 6) is 0.766. The molecule has 1 fully saturated rings. The third-order valence-electron chi connectivity index (χ3n) is 5.28. The molecule has 2 aromatic carbocycles. The fraction of sp³-hybridized carbons (Fsp3) is 0.381. The van der Waals surface area contributed by atoms with Gasteiger partial charge in [0.25, 0.3) is 0 Å². The van der Waals surface area contributed by atoms with E-state index in [1.54, 1.807) is 12.1 Å². The second kappa shape index (κ2) is 8.83. The molecule has 4 rings (SSSR count). The SMILES string of the molecule is O=C(NC[C@@H]1COc2ccccc2O1)[C@@H]1CCCN(S(=O)(=O)c2ccc(Cl)cc2)C1. The van der Waals surface area contributed by atoms with Crippen LogP contribution in [0.4, 0.5) is 0 Å². The topological polar surface area (TPSA) is 84.9 Å². The van der Waals surface area contributed by atoms with Gasteiger partial charge in [0.2, 0.25) is 15.9 Å². The fourth-order valence-corrected chi connectivity index (χ4v) is 5.30. The molecule has 160 valence electrons. The zero-order valence-electron chi connectivity index (χ0n) is 16.3. The van der Waals surface area contributed by atoms with E-state index in [9.17, 15) is 13.2 Å². The summed E-state index contributed by atoms with van der Waals surface area (Å²) in [7, 11) is -3.66. The first-order valence-electron chi connectivity index (χ1n) is 9.85. The number of carbonyl (C=O) groups excluding carboxylic acids is 1. The van der Waals surface area contributed by atoms with Crippen molar-refractivity contribution in [2.45, 2.75) is 23.8 Å². The Kier molecular flexibility index (Phi) is 6.17. The minimum absolute atomic E-state index is 0.154. The number of nitrogens with zero attached hydrogens (tertiary/aromatic N) is 1. The smallest absolute Gasteiger partial charge is 0.243 e. The molecule has 0 bridgehead atoms. The van der Waals surface area contributed by atoms with E-state index in [0.717, 1.165) is 0 Å². The molecular formula is C21H23ClN2O5S. The van der Waals surface area contributed by atoms with Crippen LogP contribution in [0, 0.1) is 5.92 Å². The molecule has 1 saturated heterocycles. The summed E-state index contributed by atoms with van der Waals surface area (Å²) in [6.07, 6.45) is 0.978. The van der Waals surface area contributed by atoms with Crippen molar-refractivity contribution in [3.8, 4) is 11.5 Å². The van der Waals surface area contributed by atoms with Crippen molar-refractivity contribution in [1.82, 2.24) is 9.62 Å². The van der Waals surface area contributed by atoms with Gasteiger partial charge in [0, 0.05) is 18.1 Å². The Bertz CT molecular complexity index is 1010. The van der Waals surface area contributed by atoms with E-state index in [-0.39, 0.29) is 23.5 Å². The molecule has 2 heterocycles. The summed E-state index contributed by atoms with van der Waals surface area (Å²) in [4.78, 5) is 12.9. The number of halogens is 1. The lowest BCUT2D eigenvalue weighted by atomic mass is 9.99. The van der Waals surface area contributed by atoms with Crippen molar-refractivity contribution < 1.29 is 22.7 Å². The number of fused-ring (bicyclic) bond motifs is 1. The summed E-state index contributed by atoms with van der Waals surface area (Å²) < 4.78 is 38.7. The van der Waals surface area contributed by atoms with Gasteiger partial charge in [-0.1, -0.05) is 23.7 Å². The Hall–Kier alpha value is -2.29. The zero-order valence-corrected chi connectivity index (χ0v) is 17.9. The third kappa shape index (κ3) is 4.55. The Labute approximate surface area is 181 Å². The molecule has 0 aromatic heterocycles. The highest BCUT2D eigenvalue weighted by Gasteiger charge is 2.33. The lowest BCUT2D eigenvalue weighted by Gasteiger charge is -2.32. The number of para-hydroxylation sites is 2. The number of hydrogen-bond donors (Lipinski definition) is 1. The number of amides is 1. The van der Waals surface area contributed by atoms with Gasteiger partial charge in [-0.05, 0) is 49.2 Å². The summed E-state index contributed by atoms with van der Waals surface area (Å²) in [5, 5.41) is 3.36. The van der Waals surface area contributed by atoms with Crippen molar-refractivity contribution in [2.24, 2.45) is 5.92 Å². The summed E-state index contributed by atoms with van der Waals surface area (Å²) in [6, 6.07) is 13.5. The third-order valence-corrected chi connectivity index (χ3v) is 7.41. The van der Waals surface area contributed by atoms with Gasteiger partial charge in [-0.25, -0.2) is 8.42 Å². The van der Waals surface area contributed by atoms with E-state index in [2.05, 4.69) is 5.32 Å². The van der Waals surface area contributed by atoms with Crippen LogP contribution in [0.15, 0.2) is 53.4 Å². The van der Waals surface area contributed by atoms with Crippen molar-refractivity contribution in [3.63, 3.8) is 0 Å². The highest BCUT2D eigenvalue weighted by Crippen LogP contribution is 2.31. The minimum Gasteiger partial charge on any atom is -0.486 e.